The molecule has 0 radical (unpaired) electrons. The number of nitriles is 1. The molecular weight excluding hydrogens is 442 g/mol. The summed E-state index contributed by atoms with van der Waals surface area (Å²) in [6.45, 7) is 0.426. The summed E-state index contributed by atoms with van der Waals surface area (Å²) < 4.78 is 9.85. The highest BCUT2D eigenvalue weighted by Gasteiger charge is 2.21. The number of nitrogens with zero attached hydrogens (tertiary/aromatic N) is 5. The highest BCUT2D eigenvalue weighted by Crippen LogP contribution is 2.23. The van der Waals surface area contributed by atoms with Crippen LogP contribution in [0.1, 0.15) is 16.7 Å². The van der Waals surface area contributed by atoms with Gasteiger partial charge in [0, 0.05) is 6.54 Å². The van der Waals surface area contributed by atoms with Crippen LogP contribution in [0.2, 0.25) is 0 Å². The molecule has 2 heterocycles. The summed E-state index contributed by atoms with van der Waals surface area (Å²) in [6.07, 6.45) is 1.54. The van der Waals surface area contributed by atoms with Gasteiger partial charge in [-0.2, -0.15) is 5.26 Å². The first-order valence-electron chi connectivity index (χ1n) is 11.0. The molecule has 0 atom stereocenters. The third-order valence-corrected chi connectivity index (χ3v) is 5.82. The molecule has 0 fully saturated rings. The predicted octanol–water partition coefficient (Wildman–Crippen LogP) is 3.33. The second-order valence-corrected chi connectivity index (χ2v) is 8.02. The molecule has 0 bridgehead atoms. The van der Waals surface area contributed by atoms with Crippen LogP contribution < -0.4 is 16.0 Å². The molecule has 2 aromatic heterocycles. The van der Waals surface area contributed by atoms with Crippen molar-refractivity contribution in [1.29, 1.82) is 5.26 Å². The molecule has 172 valence electrons. The Hall–Kier alpha value is -4.90. The second kappa shape index (κ2) is 9.15. The molecule has 5 rings (SSSR count). The van der Waals surface area contributed by atoms with Crippen molar-refractivity contribution in [2.24, 2.45) is 0 Å². The molecule has 0 aliphatic heterocycles. The quantitative estimate of drug-likeness (QED) is 0.385. The van der Waals surface area contributed by atoms with Gasteiger partial charge in [0.15, 0.2) is 11.2 Å². The van der Waals surface area contributed by atoms with Gasteiger partial charge in [0.05, 0.1) is 37.3 Å². The lowest BCUT2D eigenvalue weighted by atomic mass is 10.1. The van der Waals surface area contributed by atoms with Crippen LogP contribution in [0.3, 0.4) is 0 Å². The summed E-state index contributed by atoms with van der Waals surface area (Å²) in [4.78, 5) is 31.9. The van der Waals surface area contributed by atoms with Crippen molar-refractivity contribution in [1.82, 2.24) is 18.7 Å². The minimum Gasteiger partial charge on any atom is -0.495 e. The lowest BCUT2D eigenvalue weighted by Crippen LogP contribution is -2.40. The van der Waals surface area contributed by atoms with E-state index >= 15 is 0 Å². The average Bonchev–Trinajstić information content (AvgIpc) is 3.30. The van der Waals surface area contributed by atoms with E-state index in [1.807, 2.05) is 42.5 Å². The third-order valence-electron chi connectivity index (χ3n) is 5.82. The van der Waals surface area contributed by atoms with Crippen LogP contribution in [0.4, 0.5) is 0 Å². The molecular formula is C27H21N5O3. The molecule has 0 saturated heterocycles. The molecule has 3 aromatic carbocycles. The van der Waals surface area contributed by atoms with E-state index in [1.165, 1.54) is 16.2 Å². The predicted molar refractivity (Wildman–Crippen MR) is 132 cm³/mol. The Morgan fingerprint density at radius 2 is 1.66 bits per heavy atom. The molecule has 0 spiro atoms. The first-order valence-corrected chi connectivity index (χ1v) is 11.0. The highest BCUT2D eigenvalue weighted by molar-refractivity contribution is 5.73. The summed E-state index contributed by atoms with van der Waals surface area (Å²) in [5.41, 5.74) is 2.27. The van der Waals surface area contributed by atoms with Crippen LogP contribution in [-0.4, -0.2) is 25.8 Å². The SMILES string of the molecule is COc1ccccc1-n1c(=O)n(Cc2ccccc2)c(=O)c2c1ncn2Cc1cccc(C#N)c1. The van der Waals surface area contributed by atoms with E-state index in [0.29, 0.717) is 23.5 Å². The van der Waals surface area contributed by atoms with E-state index in [4.69, 9.17) is 4.74 Å². The maximum atomic E-state index is 13.7. The van der Waals surface area contributed by atoms with Crippen LogP contribution in [0, 0.1) is 11.3 Å². The second-order valence-electron chi connectivity index (χ2n) is 8.02. The van der Waals surface area contributed by atoms with Crippen LogP contribution in [0.5, 0.6) is 5.75 Å². The van der Waals surface area contributed by atoms with Gasteiger partial charge in [0.25, 0.3) is 5.56 Å². The van der Waals surface area contributed by atoms with Crippen LogP contribution in [0.15, 0.2) is 94.8 Å². The summed E-state index contributed by atoms with van der Waals surface area (Å²) in [6, 6.07) is 25.8. The Balaban J connectivity index is 1.78. The Bertz CT molecular complexity index is 1690. The van der Waals surface area contributed by atoms with Crippen molar-refractivity contribution in [3.63, 3.8) is 0 Å². The van der Waals surface area contributed by atoms with E-state index in [-0.39, 0.29) is 17.7 Å². The lowest BCUT2D eigenvalue weighted by Gasteiger charge is -2.15. The van der Waals surface area contributed by atoms with Crippen molar-refractivity contribution in [3.05, 3.63) is 123 Å². The van der Waals surface area contributed by atoms with Crippen molar-refractivity contribution < 1.29 is 4.74 Å². The lowest BCUT2D eigenvalue weighted by molar-refractivity contribution is 0.412. The van der Waals surface area contributed by atoms with E-state index in [0.717, 1.165) is 11.1 Å². The Labute approximate surface area is 200 Å². The number of aromatic nitrogens is 4. The Morgan fingerprint density at radius 3 is 2.43 bits per heavy atom. The fourth-order valence-electron chi connectivity index (χ4n) is 4.17. The summed E-state index contributed by atoms with van der Waals surface area (Å²) in [5, 5.41) is 9.25. The molecule has 35 heavy (non-hydrogen) atoms. The van der Waals surface area contributed by atoms with Gasteiger partial charge in [-0.3, -0.25) is 9.36 Å². The molecule has 0 aliphatic rings. The smallest absolute Gasteiger partial charge is 0.337 e. The fraction of sp³-hybridized carbons (Fsp3) is 0.111. The topological polar surface area (TPSA) is 94.8 Å². The van der Waals surface area contributed by atoms with Gasteiger partial charge in [0.2, 0.25) is 0 Å². The van der Waals surface area contributed by atoms with Gasteiger partial charge in [0.1, 0.15) is 5.75 Å². The van der Waals surface area contributed by atoms with Gasteiger partial charge in [-0.25, -0.2) is 14.3 Å². The molecule has 0 amide bonds. The summed E-state index contributed by atoms with van der Waals surface area (Å²) >= 11 is 0. The van der Waals surface area contributed by atoms with E-state index < -0.39 is 11.2 Å². The Morgan fingerprint density at radius 1 is 0.914 bits per heavy atom. The van der Waals surface area contributed by atoms with Gasteiger partial charge in [-0.1, -0.05) is 54.6 Å². The molecule has 0 N–H and O–H groups in total. The van der Waals surface area contributed by atoms with Crippen LogP contribution in [-0.2, 0) is 13.1 Å². The maximum absolute atomic E-state index is 13.7. The zero-order valence-corrected chi connectivity index (χ0v) is 19.0. The fourth-order valence-corrected chi connectivity index (χ4v) is 4.17. The van der Waals surface area contributed by atoms with Crippen molar-refractivity contribution in [3.8, 4) is 17.5 Å². The minimum absolute atomic E-state index is 0.110. The average molecular weight is 463 g/mol. The zero-order valence-electron chi connectivity index (χ0n) is 19.0. The molecule has 8 heteroatoms. The number of rotatable bonds is 6. The monoisotopic (exact) mass is 463 g/mol. The number of ether oxygens (including phenoxy) is 1. The number of fused-ring (bicyclic) bond motifs is 1. The van der Waals surface area contributed by atoms with E-state index in [1.54, 1.807) is 47.3 Å². The van der Waals surface area contributed by atoms with E-state index in [2.05, 4.69) is 11.1 Å². The molecule has 0 unspecified atom stereocenters. The highest BCUT2D eigenvalue weighted by atomic mass is 16.5. The zero-order chi connectivity index (χ0) is 24.4. The molecule has 0 saturated carbocycles. The third kappa shape index (κ3) is 4.00. The standard InChI is InChI=1S/C27H21N5O3/c1-35-23-13-6-5-12-22(23)32-25-24(26(33)31(27(32)34)17-19-8-3-2-4-9-19)30(18-29-25)16-21-11-7-10-20(14-21)15-28/h2-14,18H,16-17H2,1H3. The number of hydrogen-bond acceptors (Lipinski definition) is 5. The number of hydrogen-bond donors (Lipinski definition) is 0. The summed E-state index contributed by atoms with van der Waals surface area (Å²) in [7, 11) is 1.53. The van der Waals surface area contributed by atoms with Gasteiger partial charge in [-0.05, 0) is 35.4 Å². The van der Waals surface area contributed by atoms with Gasteiger partial charge in [-0.15, -0.1) is 0 Å². The number of imidazole rings is 1. The Kier molecular flexibility index (Phi) is 5.73. The van der Waals surface area contributed by atoms with Crippen molar-refractivity contribution in [2.45, 2.75) is 13.1 Å². The number of para-hydroxylation sites is 2. The number of benzene rings is 3. The van der Waals surface area contributed by atoms with Crippen molar-refractivity contribution >= 4 is 11.2 Å². The normalized spacial score (nSPS) is 10.9. The summed E-state index contributed by atoms with van der Waals surface area (Å²) in [5.74, 6) is 0.483. The first kappa shape index (κ1) is 21.9. The van der Waals surface area contributed by atoms with E-state index in [9.17, 15) is 14.9 Å². The largest absolute Gasteiger partial charge is 0.495 e. The first-order chi connectivity index (χ1) is 17.1. The van der Waals surface area contributed by atoms with Crippen molar-refractivity contribution in [2.75, 3.05) is 7.11 Å². The molecule has 0 aliphatic carbocycles. The van der Waals surface area contributed by atoms with Gasteiger partial charge >= 0.3 is 5.69 Å². The minimum atomic E-state index is -0.507. The van der Waals surface area contributed by atoms with Gasteiger partial charge < -0.3 is 9.30 Å². The number of methoxy groups -OCH3 is 1. The maximum Gasteiger partial charge on any atom is 0.337 e. The molecule has 5 aromatic rings. The van der Waals surface area contributed by atoms with Crippen LogP contribution in [0.25, 0.3) is 16.9 Å². The molecule has 8 nitrogen and oxygen atoms in total. The van der Waals surface area contributed by atoms with Crippen LogP contribution >= 0.6 is 0 Å².